The molecule has 6 nitrogen and oxygen atoms in total. The van der Waals surface area contributed by atoms with Crippen LogP contribution >= 0.6 is 0 Å². The Bertz CT molecular complexity index is 881. The van der Waals surface area contributed by atoms with E-state index in [0.29, 0.717) is 28.2 Å². The minimum atomic E-state index is -3.88. The Balaban J connectivity index is 1.90. The summed E-state index contributed by atoms with van der Waals surface area (Å²) in [7, 11) is -3.88. The van der Waals surface area contributed by atoms with Crippen molar-refractivity contribution in [1.29, 1.82) is 0 Å². The van der Waals surface area contributed by atoms with Crippen molar-refractivity contribution in [3.05, 3.63) is 41.7 Å². The first-order valence-electron chi connectivity index (χ1n) is 6.43. The molecule has 0 atom stereocenters. The van der Waals surface area contributed by atoms with E-state index < -0.39 is 16.1 Å². The second-order valence-corrected chi connectivity index (χ2v) is 6.23. The van der Waals surface area contributed by atoms with E-state index in [1.54, 1.807) is 18.2 Å². The van der Waals surface area contributed by atoms with Gasteiger partial charge in [0.05, 0.1) is 0 Å². The normalized spacial score (nSPS) is 17.7. The molecule has 1 N–H and O–H groups in total. The number of hydrogen-bond donors (Lipinski definition) is 1. The fourth-order valence-electron chi connectivity index (χ4n) is 2.46. The van der Waals surface area contributed by atoms with E-state index in [1.165, 1.54) is 12.1 Å². The zero-order valence-electron chi connectivity index (χ0n) is 11.1. The molecule has 2 aromatic rings. The highest BCUT2D eigenvalue weighted by Gasteiger charge is 2.26. The summed E-state index contributed by atoms with van der Waals surface area (Å²) in [4.78, 5) is 0. The SMILES string of the molecule is O=S1(=O)NCc2cc(F)cc(-c3ccc4c(c3)OCO4)c2O1. The van der Waals surface area contributed by atoms with E-state index in [2.05, 4.69) is 4.72 Å². The van der Waals surface area contributed by atoms with Gasteiger partial charge in [-0.25, -0.2) is 4.39 Å². The molecule has 114 valence electrons. The third-order valence-electron chi connectivity index (χ3n) is 3.45. The van der Waals surface area contributed by atoms with Crippen LogP contribution in [0, 0.1) is 5.82 Å². The van der Waals surface area contributed by atoms with Crippen LogP contribution in [0.1, 0.15) is 5.56 Å². The Labute approximate surface area is 125 Å². The maximum Gasteiger partial charge on any atom is 0.382 e. The molecule has 2 aliphatic rings. The zero-order chi connectivity index (χ0) is 15.3. The number of ether oxygens (including phenoxy) is 2. The fraction of sp³-hybridized carbons (Fsp3) is 0.143. The minimum Gasteiger partial charge on any atom is -0.454 e. The fourth-order valence-corrected chi connectivity index (χ4v) is 3.27. The van der Waals surface area contributed by atoms with Crippen LogP contribution in [0.5, 0.6) is 17.2 Å². The number of rotatable bonds is 1. The van der Waals surface area contributed by atoms with Gasteiger partial charge in [0.1, 0.15) is 5.82 Å². The predicted octanol–water partition coefficient (Wildman–Crippen LogP) is 1.95. The number of halogens is 1. The van der Waals surface area contributed by atoms with Crippen LogP contribution in [-0.4, -0.2) is 15.2 Å². The first-order valence-corrected chi connectivity index (χ1v) is 7.84. The van der Waals surface area contributed by atoms with Gasteiger partial charge in [-0.3, -0.25) is 0 Å². The lowest BCUT2D eigenvalue weighted by Gasteiger charge is -2.21. The largest absolute Gasteiger partial charge is 0.454 e. The highest BCUT2D eigenvalue weighted by Crippen LogP contribution is 2.41. The van der Waals surface area contributed by atoms with Gasteiger partial charge in [-0.2, -0.15) is 13.1 Å². The Morgan fingerprint density at radius 3 is 2.77 bits per heavy atom. The average molecular weight is 323 g/mol. The highest BCUT2D eigenvalue weighted by molar-refractivity contribution is 7.85. The van der Waals surface area contributed by atoms with Crippen LogP contribution in [0.25, 0.3) is 11.1 Å². The van der Waals surface area contributed by atoms with Crippen LogP contribution in [0.2, 0.25) is 0 Å². The van der Waals surface area contributed by atoms with Crippen LogP contribution < -0.4 is 18.4 Å². The Kier molecular flexibility index (Phi) is 2.78. The molecule has 0 unspecified atom stereocenters. The maximum atomic E-state index is 13.8. The molecule has 0 fully saturated rings. The maximum absolute atomic E-state index is 13.8. The Morgan fingerprint density at radius 2 is 1.91 bits per heavy atom. The van der Waals surface area contributed by atoms with Gasteiger partial charge in [0.15, 0.2) is 17.2 Å². The van der Waals surface area contributed by atoms with Crippen LogP contribution in [-0.2, 0) is 16.8 Å². The van der Waals surface area contributed by atoms with Gasteiger partial charge < -0.3 is 13.7 Å². The molecule has 2 heterocycles. The van der Waals surface area contributed by atoms with Crippen molar-refractivity contribution in [3.8, 4) is 28.4 Å². The lowest BCUT2D eigenvalue weighted by Crippen LogP contribution is -2.32. The van der Waals surface area contributed by atoms with Crippen molar-refractivity contribution < 1.29 is 26.5 Å². The Hall–Kier alpha value is -2.32. The van der Waals surface area contributed by atoms with Crippen molar-refractivity contribution in [2.24, 2.45) is 0 Å². The summed E-state index contributed by atoms with van der Waals surface area (Å²) in [6, 6.07) is 7.52. The third-order valence-corrected chi connectivity index (χ3v) is 4.33. The number of fused-ring (bicyclic) bond motifs is 2. The van der Waals surface area contributed by atoms with Gasteiger partial charge >= 0.3 is 10.3 Å². The summed E-state index contributed by atoms with van der Waals surface area (Å²) in [6.45, 7) is 0.0990. The summed E-state index contributed by atoms with van der Waals surface area (Å²) in [6.07, 6.45) is 0. The van der Waals surface area contributed by atoms with Gasteiger partial charge in [0, 0.05) is 17.7 Å². The van der Waals surface area contributed by atoms with Crippen LogP contribution in [0.4, 0.5) is 4.39 Å². The first-order chi connectivity index (χ1) is 10.5. The molecule has 0 aromatic heterocycles. The van der Waals surface area contributed by atoms with Gasteiger partial charge in [-0.1, -0.05) is 6.07 Å². The van der Waals surface area contributed by atoms with Crippen molar-refractivity contribution in [1.82, 2.24) is 4.72 Å². The highest BCUT2D eigenvalue weighted by atomic mass is 32.2. The van der Waals surface area contributed by atoms with Crippen LogP contribution in [0.3, 0.4) is 0 Å². The lowest BCUT2D eigenvalue weighted by molar-refractivity contribution is 0.174. The molecule has 4 rings (SSSR count). The first kappa shape index (κ1) is 13.4. The molecule has 2 aliphatic heterocycles. The topological polar surface area (TPSA) is 73.9 Å². The molecule has 2 aromatic carbocycles. The third kappa shape index (κ3) is 2.16. The van der Waals surface area contributed by atoms with E-state index in [1.807, 2.05) is 0 Å². The molecular weight excluding hydrogens is 313 g/mol. The summed E-state index contributed by atoms with van der Waals surface area (Å²) in [5, 5.41) is 0. The summed E-state index contributed by atoms with van der Waals surface area (Å²) in [5.74, 6) is 0.756. The van der Waals surface area contributed by atoms with E-state index in [4.69, 9.17) is 13.7 Å². The monoisotopic (exact) mass is 323 g/mol. The molecular formula is C14H10FNO5S. The second kappa shape index (κ2) is 4.59. The average Bonchev–Trinajstić information content (AvgIpc) is 2.94. The van der Waals surface area contributed by atoms with E-state index >= 15 is 0 Å². The summed E-state index contributed by atoms with van der Waals surface area (Å²) >= 11 is 0. The minimum absolute atomic E-state index is 0.0209. The number of hydrogen-bond acceptors (Lipinski definition) is 5. The smallest absolute Gasteiger partial charge is 0.382 e. The second-order valence-electron chi connectivity index (χ2n) is 4.87. The molecule has 0 bridgehead atoms. The van der Waals surface area contributed by atoms with E-state index in [-0.39, 0.29) is 19.1 Å². The molecule has 0 saturated carbocycles. The molecule has 0 aliphatic carbocycles. The van der Waals surface area contributed by atoms with Gasteiger partial charge in [0.25, 0.3) is 0 Å². The number of benzene rings is 2. The van der Waals surface area contributed by atoms with Crippen molar-refractivity contribution >= 4 is 10.3 Å². The molecule has 0 amide bonds. The summed E-state index contributed by atoms with van der Waals surface area (Å²) in [5.41, 5.74) is 1.36. The van der Waals surface area contributed by atoms with Crippen molar-refractivity contribution in [2.45, 2.75) is 6.54 Å². The Morgan fingerprint density at radius 1 is 1.09 bits per heavy atom. The zero-order valence-corrected chi connectivity index (χ0v) is 11.9. The van der Waals surface area contributed by atoms with Gasteiger partial charge in [-0.15, -0.1) is 0 Å². The van der Waals surface area contributed by atoms with Crippen molar-refractivity contribution in [2.75, 3.05) is 6.79 Å². The molecule has 0 spiro atoms. The lowest BCUT2D eigenvalue weighted by atomic mass is 10.0. The van der Waals surface area contributed by atoms with Gasteiger partial charge in [0.2, 0.25) is 6.79 Å². The molecule has 0 saturated heterocycles. The molecule has 22 heavy (non-hydrogen) atoms. The van der Waals surface area contributed by atoms with E-state index in [0.717, 1.165) is 0 Å². The standard InChI is InChI=1S/C14H10FNO5S/c15-10-3-9-6-16-22(17,18)21-14(9)11(5-10)8-1-2-12-13(4-8)20-7-19-12/h1-5,16H,6-7H2. The van der Waals surface area contributed by atoms with E-state index in [9.17, 15) is 12.8 Å². The molecule has 0 radical (unpaired) electrons. The number of nitrogens with one attached hydrogen (secondary N) is 1. The summed E-state index contributed by atoms with van der Waals surface area (Å²) < 4.78 is 54.7. The van der Waals surface area contributed by atoms with Gasteiger partial charge in [-0.05, 0) is 29.8 Å². The molecule has 8 heteroatoms. The van der Waals surface area contributed by atoms with Crippen molar-refractivity contribution in [3.63, 3.8) is 0 Å². The quantitative estimate of drug-likeness (QED) is 0.868. The predicted molar refractivity (Wildman–Crippen MR) is 74.3 cm³/mol. The van der Waals surface area contributed by atoms with Crippen LogP contribution in [0.15, 0.2) is 30.3 Å².